The van der Waals surface area contributed by atoms with Crippen LogP contribution in [-0.4, -0.2) is 54.0 Å². The minimum atomic E-state index is 0.0117. The molecule has 2 amide bonds. The topological polar surface area (TPSA) is 71.5 Å². The van der Waals surface area contributed by atoms with E-state index in [1.165, 1.54) is 12.0 Å². The number of rotatable bonds is 5. The molecule has 3 heterocycles. The first kappa shape index (κ1) is 18.4. The maximum atomic E-state index is 12.7. The third-order valence-corrected chi connectivity index (χ3v) is 6.41. The van der Waals surface area contributed by atoms with Gasteiger partial charge in [0.25, 0.3) is 0 Å². The second-order valence-electron chi connectivity index (χ2n) is 8.20. The summed E-state index contributed by atoms with van der Waals surface area (Å²) in [6, 6.07) is 4.11. The minimum absolute atomic E-state index is 0.0117. The van der Waals surface area contributed by atoms with Gasteiger partial charge in [-0.1, -0.05) is 6.42 Å². The fourth-order valence-corrected chi connectivity index (χ4v) is 4.36. The van der Waals surface area contributed by atoms with E-state index < -0.39 is 0 Å². The number of pyridine rings is 1. The van der Waals surface area contributed by atoms with Crippen molar-refractivity contribution in [1.82, 2.24) is 15.2 Å². The minimum Gasteiger partial charge on any atom is -0.379 e. The van der Waals surface area contributed by atoms with Crippen LogP contribution in [0.4, 0.5) is 0 Å². The monoisotopic (exact) mass is 371 g/mol. The summed E-state index contributed by atoms with van der Waals surface area (Å²) >= 11 is 0. The predicted molar refractivity (Wildman–Crippen MR) is 101 cm³/mol. The Morgan fingerprint density at radius 1 is 1.07 bits per heavy atom. The molecule has 1 aromatic rings. The molecule has 146 valence electrons. The molecule has 1 N–H and O–H groups in total. The Hall–Kier alpha value is -1.95. The molecule has 0 aromatic carbocycles. The molecule has 0 spiro atoms. The largest absolute Gasteiger partial charge is 0.379 e. The van der Waals surface area contributed by atoms with E-state index in [4.69, 9.17) is 4.74 Å². The van der Waals surface area contributed by atoms with Crippen molar-refractivity contribution in [3.63, 3.8) is 0 Å². The van der Waals surface area contributed by atoms with E-state index in [0.29, 0.717) is 25.0 Å². The van der Waals surface area contributed by atoms with Crippen molar-refractivity contribution in [2.45, 2.75) is 44.6 Å². The van der Waals surface area contributed by atoms with Gasteiger partial charge in [-0.25, -0.2) is 0 Å². The number of aromatic nitrogens is 1. The molecule has 1 aliphatic carbocycles. The van der Waals surface area contributed by atoms with Gasteiger partial charge < -0.3 is 15.0 Å². The number of nitrogens with zero attached hydrogens (tertiary/aromatic N) is 2. The van der Waals surface area contributed by atoms with Gasteiger partial charge in [0.15, 0.2) is 0 Å². The van der Waals surface area contributed by atoms with Crippen LogP contribution in [0.1, 0.15) is 37.7 Å². The molecule has 0 radical (unpaired) electrons. The molecular formula is C21H29N3O3. The van der Waals surface area contributed by atoms with Gasteiger partial charge in [-0.3, -0.25) is 14.6 Å². The van der Waals surface area contributed by atoms with Crippen molar-refractivity contribution in [1.29, 1.82) is 0 Å². The Morgan fingerprint density at radius 2 is 1.81 bits per heavy atom. The number of hydrogen-bond acceptors (Lipinski definition) is 4. The van der Waals surface area contributed by atoms with Crippen LogP contribution in [-0.2, 0) is 20.7 Å². The lowest BCUT2D eigenvalue weighted by atomic mass is 9.83. The highest BCUT2D eigenvalue weighted by atomic mass is 16.5. The fourth-order valence-electron chi connectivity index (χ4n) is 4.36. The van der Waals surface area contributed by atoms with Crippen molar-refractivity contribution in [2.24, 2.45) is 17.8 Å². The number of carbonyl (C=O) groups excluding carboxylic acids is 2. The fraction of sp³-hybridized carbons (Fsp3) is 0.667. The standard InChI is InChI=1S/C21H29N3O3/c25-20(16-6-10-24(11-7-16)21(26)17-2-1-3-17)23-19-14-27-13-18(19)12-15-4-8-22-9-5-15/h4-5,8-9,16-19H,1-3,6-7,10-14H2,(H,23,25)/t18-,19-/m1/s1. The maximum absolute atomic E-state index is 12.7. The zero-order chi connectivity index (χ0) is 18.6. The normalized spacial score (nSPS) is 26.6. The van der Waals surface area contributed by atoms with Gasteiger partial charge in [0, 0.05) is 43.2 Å². The number of likely N-dealkylation sites (tertiary alicyclic amines) is 1. The van der Waals surface area contributed by atoms with Gasteiger partial charge in [-0.2, -0.15) is 0 Å². The Kier molecular flexibility index (Phi) is 5.72. The van der Waals surface area contributed by atoms with Crippen LogP contribution in [0.25, 0.3) is 0 Å². The average Bonchev–Trinajstić information content (AvgIpc) is 3.08. The Labute approximate surface area is 160 Å². The Bertz CT molecular complexity index is 654. The van der Waals surface area contributed by atoms with Crippen LogP contribution in [0.15, 0.2) is 24.5 Å². The SMILES string of the molecule is O=C(N[C@@H]1COC[C@H]1Cc1ccncc1)C1CCN(C(=O)C2CCC2)CC1. The molecule has 2 saturated heterocycles. The lowest BCUT2D eigenvalue weighted by Gasteiger charge is -2.36. The van der Waals surface area contributed by atoms with Crippen molar-refractivity contribution in [3.05, 3.63) is 30.1 Å². The highest BCUT2D eigenvalue weighted by Crippen LogP contribution is 2.30. The molecule has 6 nitrogen and oxygen atoms in total. The second-order valence-corrected chi connectivity index (χ2v) is 8.20. The molecule has 1 saturated carbocycles. The first-order valence-corrected chi connectivity index (χ1v) is 10.3. The van der Waals surface area contributed by atoms with Crippen LogP contribution in [0.3, 0.4) is 0 Å². The van der Waals surface area contributed by atoms with Gasteiger partial charge in [0.1, 0.15) is 0 Å². The number of carbonyl (C=O) groups is 2. The predicted octanol–water partition coefficient (Wildman–Crippen LogP) is 1.79. The van der Waals surface area contributed by atoms with Crippen LogP contribution in [0.2, 0.25) is 0 Å². The van der Waals surface area contributed by atoms with Gasteiger partial charge in [-0.05, 0) is 49.8 Å². The molecule has 3 fully saturated rings. The number of amides is 2. The third kappa shape index (κ3) is 4.32. The highest BCUT2D eigenvalue weighted by molar-refractivity contribution is 5.81. The lowest BCUT2D eigenvalue weighted by Crippen LogP contribution is -2.48. The van der Waals surface area contributed by atoms with Crippen LogP contribution < -0.4 is 5.32 Å². The summed E-state index contributed by atoms with van der Waals surface area (Å²) in [4.78, 5) is 31.1. The first-order valence-electron chi connectivity index (χ1n) is 10.3. The molecule has 1 aromatic heterocycles. The summed E-state index contributed by atoms with van der Waals surface area (Å²) < 4.78 is 5.64. The Balaban J connectivity index is 1.25. The van der Waals surface area contributed by atoms with E-state index >= 15 is 0 Å². The van der Waals surface area contributed by atoms with Crippen molar-refractivity contribution >= 4 is 11.8 Å². The molecule has 2 atom stereocenters. The summed E-state index contributed by atoms with van der Waals surface area (Å²) in [6.07, 6.45) is 9.30. The van der Waals surface area contributed by atoms with Crippen LogP contribution in [0, 0.1) is 17.8 Å². The quantitative estimate of drug-likeness (QED) is 0.857. The number of hydrogen-bond donors (Lipinski definition) is 1. The molecule has 27 heavy (non-hydrogen) atoms. The first-order chi connectivity index (χ1) is 13.2. The molecule has 4 rings (SSSR count). The molecule has 3 aliphatic rings. The van der Waals surface area contributed by atoms with E-state index in [0.717, 1.165) is 45.2 Å². The number of nitrogens with one attached hydrogen (secondary N) is 1. The second kappa shape index (κ2) is 8.38. The van der Waals surface area contributed by atoms with Gasteiger partial charge in [-0.15, -0.1) is 0 Å². The van der Waals surface area contributed by atoms with E-state index in [-0.39, 0.29) is 23.8 Å². The summed E-state index contributed by atoms with van der Waals surface area (Å²) in [5.74, 6) is 0.997. The molecule has 0 unspecified atom stereocenters. The van der Waals surface area contributed by atoms with E-state index in [2.05, 4.69) is 10.3 Å². The molecule has 2 aliphatic heterocycles. The van der Waals surface area contributed by atoms with E-state index in [1.54, 1.807) is 12.4 Å². The number of ether oxygens (including phenoxy) is 1. The summed E-state index contributed by atoms with van der Waals surface area (Å²) in [5.41, 5.74) is 1.22. The van der Waals surface area contributed by atoms with Crippen molar-refractivity contribution < 1.29 is 14.3 Å². The molecular weight excluding hydrogens is 342 g/mol. The summed E-state index contributed by atoms with van der Waals surface area (Å²) in [7, 11) is 0. The lowest BCUT2D eigenvalue weighted by molar-refractivity contribution is -0.141. The molecule has 6 heteroatoms. The molecule has 0 bridgehead atoms. The van der Waals surface area contributed by atoms with E-state index in [1.807, 2.05) is 17.0 Å². The summed E-state index contributed by atoms with van der Waals surface area (Å²) in [5, 5.41) is 3.23. The van der Waals surface area contributed by atoms with E-state index in [9.17, 15) is 9.59 Å². The van der Waals surface area contributed by atoms with Crippen LogP contribution >= 0.6 is 0 Å². The van der Waals surface area contributed by atoms with Gasteiger partial charge >= 0.3 is 0 Å². The summed E-state index contributed by atoms with van der Waals surface area (Å²) in [6.45, 7) is 2.70. The van der Waals surface area contributed by atoms with Gasteiger partial charge in [0.2, 0.25) is 11.8 Å². The van der Waals surface area contributed by atoms with Gasteiger partial charge in [0.05, 0.1) is 19.3 Å². The zero-order valence-electron chi connectivity index (χ0n) is 15.8. The third-order valence-electron chi connectivity index (χ3n) is 6.41. The zero-order valence-corrected chi connectivity index (χ0v) is 15.8. The Morgan fingerprint density at radius 3 is 2.48 bits per heavy atom. The van der Waals surface area contributed by atoms with Crippen LogP contribution in [0.5, 0.6) is 0 Å². The highest BCUT2D eigenvalue weighted by Gasteiger charge is 2.35. The number of piperidine rings is 1. The maximum Gasteiger partial charge on any atom is 0.225 e. The van der Waals surface area contributed by atoms with Crippen molar-refractivity contribution in [2.75, 3.05) is 26.3 Å². The average molecular weight is 371 g/mol. The van der Waals surface area contributed by atoms with Crippen molar-refractivity contribution in [3.8, 4) is 0 Å². The smallest absolute Gasteiger partial charge is 0.225 e.